The summed E-state index contributed by atoms with van der Waals surface area (Å²) in [5.41, 5.74) is 2.07. The number of nitrogens with zero attached hydrogens (tertiary/aromatic N) is 1. The molecule has 0 aromatic heterocycles. The quantitative estimate of drug-likeness (QED) is 0.392. The summed E-state index contributed by atoms with van der Waals surface area (Å²) in [6.07, 6.45) is 3.32. The first-order valence-electron chi connectivity index (χ1n) is 11.2. The molecule has 166 valence electrons. The van der Waals surface area contributed by atoms with Gasteiger partial charge in [0, 0.05) is 12.1 Å². The van der Waals surface area contributed by atoms with E-state index in [9.17, 15) is 9.46 Å². The second-order valence-corrected chi connectivity index (χ2v) is 10.1. The van der Waals surface area contributed by atoms with Crippen molar-refractivity contribution < 1.29 is 14.0 Å². The highest BCUT2D eigenvalue weighted by molar-refractivity contribution is 7.50. The normalized spacial score (nSPS) is 16.1. The third-order valence-corrected chi connectivity index (χ3v) is 7.50. The van der Waals surface area contributed by atoms with Gasteiger partial charge in [-0.1, -0.05) is 81.3 Å². The Bertz CT molecular complexity index is 829. The van der Waals surface area contributed by atoms with Crippen LogP contribution in [0.4, 0.5) is 0 Å². The summed E-state index contributed by atoms with van der Waals surface area (Å²) in [6.45, 7) is 12.0. The van der Waals surface area contributed by atoms with Crippen LogP contribution in [0.3, 0.4) is 0 Å². The maximum atomic E-state index is 13.8. The van der Waals surface area contributed by atoms with Crippen molar-refractivity contribution in [3.05, 3.63) is 71.3 Å². The summed E-state index contributed by atoms with van der Waals surface area (Å²) in [5.74, 6) is 0. The minimum atomic E-state index is -4.10. The van der Waals surface area contributed by atoms with Gasteiger partial charge in [-0.2, -0.15) is 0 Å². The molecule has 0 spiro atoms. The van der Waals surface area contributed by atoms with Crippen LogP contribution in [-0.2, 0) is 21.1 Å². The van der Waals surface area contributed by atoms with Crippen LogP contribution in [0.25, 0.3) is 0 Å². The van der Waals surface area contributed by atoms with E-state index in [2.05, 4.69) is 26.0 Å². The van der Waals surface area contributed by atoms with Crippen LogP contribution in [0.5, 0.6) is 0 Å². The Morgan fingerprint density at radius 2 is 1.50 bits per heavy atom. The highest BCUT2D eigenvalue weighted by Crippen LogP contribution is 2.57. The number of rotatable bonds is 11. The van der Waals surface area contributed by atoms with E-state index in [4.69, 9.17) is 4.52 Å². The SMILES string of the molecule is CCCc1ccccc1C(CCC)(OP(=O)(O)N(C(C)C)C(C)C)c1ccccc1. The highest BCUT2D eigenvalue weighted by atomic mass is 31.2. The Morgan fingerprint density at radius 1 is 0.933 bits per heavy atom. The van der Waals surface area contributed by atoms with Gasteiger partial charge < -0.3 is 4.89 Å². The second-order valence-electron chi connectivity index (χ2n) is 8.50. The summed E-state index contributed by atoms with van der Waals surface area (Å²) in [5, 5.41) is 0. The van der Waals surface area contributed by atoms with Gasteiger partial charge >= 0.3 is 7.75 Å². The van der Waals surface area contributed by atoms with E-state index in [1.165, 1.54) is 0 Å². The molecule has 5 heteroatoms. The lowest BCUT2D eigenvalue weighted by Gasteiger charge is -2.42. The average molecular weight is 432 g/mol. The number of hydrogen-bond acceptors (Lipinski definition) is 2. The van der Waals surface area contributed by atoms with Crippen LogP contribution >= 0.6 is 7.75 Å². The largest absolute Gasteiger partial charge is 0.407 e. The van der Waals surface area contributed by atoms with E-state index >= 15 is 0 Å². The van der Waals surface area contributed by atoms with Crippen LogP contribution in [0.2, 0.25) is 0 Å². The highest BCUT2D eigenvalue weighted by Gasteiger charge is 2.46. The third-order valence-electron chi connectivity index (χ3n) is 5.44. The standard InChI is InChI=1S/C25H38NO3P/c1-7-14-22-15-12-13-18-24(22)25(19-8-2,23-16-10-9-11-17-23)29-30(27,28)26(20(3)4)21(5)6/h9-13,15-18,20-21H,7-8,14,19H2,1-6H3,(H,27,28). The molecule has 30 heavy (non-hydrogen) atoms. The van der Waals surface area contributed by atoms with Gasteiger partial charge in [0.2, 0.25) is 0 Å². The zero-order chi connectivity index (χ0) is 22.4. The molecular weight excluding hydrogens is 393 g/mol. The number of aryl methyl sites for hydroxylation is 1. The molecule has 0 aliphatic heterocycles. The molecule has 0 aliphatic rings. The van der Waals surface area contributed by atoms with Crippen molar-refractivity contribution in [1.29, 1.82) is 0 Å². The molecule has 2 atom stereocenters. The molecule has 4 nitrogen and oxygen atoms in total. The summed E-state index contributed by atoms with van der Waals surface area (Å²) in [6, 6.07) is 17.9. The van der Waals surface area contributed by atoms with Crippen molar-refractivity contribution in [3.8, 4) is 0 Å². The first-order chi connectivity index (χ1) is 14.2. The Labute approximate surface area is 182 Å². The molecular formula is C25H38NO3P. The van der Waals surface area contributed by atoms with E-state index in [1.54, 1.807) is 4.67 Å². The van der Waals surface area contributed by atoms with Crippen LogP contribution in [-0.4, -0.2) is 21.6 Å². The van der Waals surface area contributed by atoms with Crippen molar-refractivity contribution in [1.82, 2.24) is 4.67 Å². The van der Waals surface area contributed by atoms with Gasteiger partial charge in [0.15, 0.2) is 0 Å². The Morgan fingerprint density at radius 3 is 2.03 bits per heavy atom. The van der Waals surface area contributed by atoms with Gasteiger partial charge in [-0.3, -0.25) is 4.52 Å². The lowest BCUT2D eigenvalue weighted by atomic mass is 9.80. The Balaban J connectivity index is 2.75. The van der Waals surface area contributed by atoms with Crippen LogP contribution in [0, 0.1) is 0 Å². The van der Waals surface area contributed by atoms with Crippen molar-refractivity contribution in [3.63, 3.8) is 0 Å². The smallest absolute Gasteiger partial charge is 0.312 e. The summed E-state index contributed by atoms with van der Waals surface area (Å²) in [4.78, 5) is 11.3. The van der Waals surface area contributed by atoms with Gasteiger partial charge in [-0.15, -0.1) is 0 Å². The molecule has 0 saturated carbocycles. The first-order valence-corrected chi connectivity index (χ1v) is 12.7. The van der Waals surface area contributed by atoms with E-state index in [-0.39, 0.29) is 12.1 Å². The van der Waals surface area contributed by atoms with Crippen LogP contribution < -0.4 is 0 Å². The van der Waals surface area contributed by atoms with Crippen molar-refractivity contribution in [2.24, 2.45) is 0 Å². The van der Waals surface area contributed by atoms with Crippen LogP contribution in [0.1, 0.15) is 77.5 Å². The van der Waals surface area contributed by atoms with Gasteiger partial charge in [0.25, 0.3) is 0 Å². The van der Waals surface area contributed by atoms with E-state index in [1.807, 2.05) is 70.2 Å². The lowest BCUT2D eigenvalue weighted by molar-refractivity contribution is 0.0524. The van der Waals surface area contributed by atoms with Crippen molar-refractivity contribution in [2.45, 2.75) is 84.9 Å². The zero-order valence-corrected chi connectivity index (χ0v) is 20.2. The molecule has 2 aromatic carbocycles. The molecule has 0 bridgehead atoms. The molecule has 1 N–H and O–H groups in total. The monoisotopic (exact) mass is 431 g/mol. The second kappa shape index (κ2) is 10.7. The van der Waals surface area contributed by atoms with Gasteiger partial charge in [0.1, 0.15) is 5.60 Å². The van der Waals surface area contributed by atoms with Crippen molar-refractivity contribution in [2.75, 3.05) is 0 Å². The van der Waals surface area contributed by atoms with Gasteiger partial charge in [-0.25, -0.2) is 9.24 Å². The lowest BCUT2D eigenvalue weighted by Crippen LogP contribution is -2.39. The molecule has 0 amide bonds. The molecule has 0 saturated heterocycles. The topological polar surface area (TPSA) is 49.8 Å². The molecule has 0 aliphatic carbocycles. The molecule has 0 fully saturated rings. The Kier molecular flexibility index (Phi) is 8.87. The van der Waals surface area contributed by atoms with Gasteiger partial charge in [0.05, 0.1) is 0 Å². The molecule has 0 radical (unpaired) electrons. The maximum Gasteiger partial charge on any atom is 0.407 e. The molecule has 2 unspecified atom stereocenters. The molecule has 0 heterocycles. The van der Waals surface area contributed by atoms with E-state index < -0.39 is 13.3 Å². The third kappa shape index (κ3) is 5.42. The summed E-state index contributed by atoms with van der Waals surface area (Å²) >= 11 is 0. The minimum Gasteiger partial charge on any atom is -0.312 e. The minimum absolute atomic E-state index is 0.123. The number of hydrogen-bond donors (Lipinski definition) is 1. The maximum absolute atomic E-state index is 13.8. The van der Waals surface area contributed by atoms with Gasteiger partial charge in [-0.05, 0) is 57.2 Å². The number of benzene rings is 2. The summed E-state index contributed by atoms with van der Waals surface area (Å²) < 4.78 is 21.8. The average Bonchev–Trinajstić information content (AvgIpc) is 2.68. The van der Waals surface area contributed by atoms with Crippen molar-refractivity contribution >= 4 is 7.75 Å². The van der Waals surface area contributed by atoms with E-state index in [0.29, 0.717) is 6.42 Å². The fourth-order valence-electron chi connectivity index (χ4n) is 4.47. The fourth-order valence-corrected chi connectivity index (χ4v) is 6.44. The fraction of sp³-hybridized carbons (Fsp3) is 0.520. The predicted octanol–water partition coefficient (Wildman–Crippen LogP) is 6.92. The Hall–Kier alpha value is -1.45. The molecule has 2 rings (SSSR count). The van der Waals surface area contributed by atoms with E-state index in [0.717, 1.165) is 36.0 Å². The van der Waals surface area contributed by atoms with Crippen LogP contribution in [0.15, 0.2) is 54.6 Å². The zero-order valence-electron chi connectivity index (χ0n) is 19.3. The molecule has 2 aromatic rings. The predicted molar refractivity (Wildman–Crippen MR) is 126 cm³/mol. The summed E-state index contributed by atoms with van der Waals surface area (Å²) in [7, 11) is -4.10. The first kappa shape index (κ1) is 24.8.